The fraction of sp³-hybridized carbons (Fsp3) is 0.263. The van der Waals surface area contributed by atoms with E-state index in [2.05, 4.69) is 0 Å². The van der Waals surface area contributed by atoms with E-state index in [-0.39, 0.29) is 5.91 Å². The Bertz CT molecular complexity index is 744. The number of hydrogen-bond acceptors (Lipinski definition) is 3. The Kier molecular flexibility index (Phi) is 5.24. The minimum Gasteiger partial charge on any atom is -0.496 e. The molecule has 0 atom stereocenters. The first kappa shape index (κ1) is 17.5. The molecule has 2 aromatic rings. The van der Waals surface area contributed by atoms with E-state index >= 15 is 0 Å². The molecule has 0 fully saturated rings. The molecule has 0 aliphatic heterocycles. The average molecular weight is 326 g/mol. The first-order valence-corrected chi connectivity index (χ1v) is 7.63. The van der Waals surface area contributed by atoms with Crippen molar-refractivity contribution in [2.24, 2.45) is 5.73 Å². The Morgan fingerprint density at radius 1 is 1.04 bits per heavy atom. The number of primary amides is 1. The normalized spacial score (nSPS) is 10.3. The van der Waals surface area contributed by atoms with Crippen molar-refractivity contribution in [3.63, 3.8) is 0 Å². The molecule has 0 aromatic heterocycles. The quantitative estimate of drug-likeness (QED) is 0.918. The lowest BCUT2D eigenvalue weighted by atomic mass is 10.0. The molecule has 0 heterocycles. The van der Waals surface area contributed by atoms with E-state index < -0.39 is 5.91 Å². The number of rotatable bonds is 5. The van der Waals surface area contributed by atoms with E-state index in [1.165, 1.54) is 0 Å². The van der Waals surface area contributed by atoms with E-state index in [1.54, 1.807) is 43.3 Å². The van der Waals surface area contributed by atoms with E-state index in [0.717, 1.165) is 22.4 Å². The van der Waals surface area contributed by atoms with E-state index in [0.29, 0.717) is 17.7 Å². The van der Waals surface area contributed by atoms with Gasteiger partial charge in [-0.25, -0.2) is 0 Å². The lowest BCUT2D eigenvalue weighted by Gasteiger charge is -2.19. The van der Waals surface area contributed by atoms with Crippen LogP contribution in [0.2, 0.25) is 0 Å². The summed E-state index contributed by atoms with van der Waals surface area (Å²) in [6, 6.07) is 10.4. The van der Waals surface area contributed by atoms with Gasteiger partial charge in [0.15, 0.2) is 0 Å². The fourth-order valence-corrected chi connectivity index (χ4v) is 2.80. The molecule has 5 nitrogen and oxygen atoms in total. The summed E-state index contributed by atoms with van der Waals surface area (Å²) in [7, 11) is 3.40. The number of hydrogen-bond donors (Lipinski definition) is 1. The number of ether oxygens (including phenoxy) is 1. The molecule has 2 aromatic carbocycles. The molecule has 0 unspecified atom stereocenters. The van der Waals surface area contributed by atoms with Gasteiger partial charge in [0.05, 0.1) is 7.11 Å². The highest BCUT2D eigenvalue weighted by atomic mass is 16.5. The molecule has 2 amide bonds. The third kappa shape index (κ3) is 3.74. The van der Waals surface area contributed by atoms with Crippen LogP contribution >= 0.6 is 0 Å². The van der Waals surface area contributed by atoms with Crippen molar-refractivity contribution in [2.45, 2.75) is 20.4 Å². The molecule has 0 aliphatic rings. The van der Waals surface area contributed by atoms with Crippen molar-refractivity contribution in [1.82, 2.24) is 4.90 Å². The van der Waals surface area contributed by atoms with Gasteiger partial charge in [0, 0.05) is 24.7 Å². The first-order chi connectivity index (χ1) is 11.3. The number of amides is 2. The molecule has 0 saturated carbocycles. The number of carbonyl (C=O) groups excluding carboxylic acids is 2. The smallest absolute Gasteiger partial charge is 0.253 e. The molecule has 0 radical (unpaired) electrons. The zero-order valence-corrected chi connectivity index (χ0v) is 14.4. The first-order valence-electron chi connectivity index (χ1n) is 7.63. The number of aryl methyl sites for hydroxylation is 2. The van der Waals surface area contributed by atoms with Gasteiger partial charge < -0.3 is 15.4 Å². The zero-order chi connectivity index (χ0) is 17.9. The van der Waals surface area contributed by atoms with Crippen LogP contribution in [0.3, 0.4) is 0 Å². The van der Waals surface area contributed by atoms with E-state index in [1.807, 2.05) is 26.0 Å². The van der Waals surface area contributed by atoms with Crippen LogP contribution in [0.1, 0.15) is 37.4 Å². The van der Waals surface area contributed by atoms with Crippen LogP contribution in [0, 0.1) is 13.8 Å². The molecular weight excluding hydrogens is 304 g/mol. The van der Waals surface area contributed by atoms with Crippen molar-refractivity contribution in [3.05, 3.63) is 64.2 Å². The van der Waals surface area contributed by atoms with Crippen LogP contribution in [0.25, 0.3) is 0 Å². The number of nitrogens with zero attached hydrogens (tertiary/aromatic N) is 1. The molecule has 0 aliphatic carbocycles. The summed E-state index contributed by atoms with van der Waals surface area (Å²) in [4.78, 5) is 25.2. The van der Waals surface area contributed by atoms with Crippen LogP contribution in [0.4, 0.5) is 0 Å². The highest BCUT2D eigenvalue weighted by molar-refractivity contribution is 5.97. The molecule has 5 heteroatoms. The lowest BCUT2D eigenvalue weighted by molar-refractivity contribution is 0.0784. The second kappa shape index (κ2) is 7.17. The van der Waals surface area contributed by atoms with Crippen molar-refractivity contribution in [3.8, 4) is 5.75 Å². The molecule has 0 saturated heterocycles. The predicted molar refractivity (Wildman–Crippen MR) is 93.2 cm³/mol. The van der Waals surface area contributed by atoms with Crippen molar-refractivity contribution >= 4 is 11.8 Å². The Balaban J connectivity index is 2.15. The van der Waals surface area contributed by atoms with Gasteiger partial charge in [0.2, 0.25) is 5.91 Å². The molecular formula is C19H22N2O3. The highest BCUT2D eigenvalue weighted by Crippen LogP contribution is 2.25. The van der Waals surface area contributed by atoms with E-state index in [4.69, 9.17) is 10.5 Å². The summed E-state index contributed by atoms with van der Waals surface area (Å²) in [5, 5.41) is 0. The van der Waals surface area contributed by atoms with Gasteiger partial charge in [-0.15, -0.1) is 0 Å². The van der Waals surface area contributed by atoms with Crippen LogP contribution in [-0.4, -0.2) is 30.9 Å². The molecule has 126 valence electrons. The van der Waals surface area contributed by atoms with Crippen LogP contribution < -0.4 is 10.5 Å². The Morgan fingerprint density at radius 2 is 1.54 bits per heavy atom. The number of benzene rings is 2. The topological polar surface area (TPSA) is 72.6 Å². The lowest BCUT2D eigenvalue weighted by Crippen LogP contribution is -2.26. The maximum Gasteiger partial charge on any atom is 0.253 e. The largest absolute Gasteiger partial charge is 0.496 e. The number of methoxy groups -OCH3 is 1. The highest BCUT2D eigenvalue weighted by Gasteiger charge is 2.14. The second-order valence-corrected chi connectivity index (χ2v) is 5.87. The molecule has 0 bridgehead atoms. The van der Waals surface area contributed by atoms with Crippen LogP contribution in [0.15, 0.2) is 36.4 Å². The van der Waals surface area contributed by atoms with Crippen LogP contribution in [0.5, 0.6) is 5.75 Å². The van der Waals surface area contributed by atoms with Crippen molar-refractivity contribution in [2.75, 3.05) is 14.2 Å². The third-order valence-electron chi connectivity index (χ3n) is 3.91. The minimum absolute atomic E-state index is 0.114. The SMILES string of the molecule is COc1c(C)cc(CN(C)C(=O)c2ccc(C(N)=O)cc2)cc1C. The Hall–Kier alpha value is -2.82. The zero-order valence-electron chi connectivity index (χ0n) is 14.4. The van der Waals surface area contributed by atoms with E-state index in [9.17, 15) is 9.59 Å². The molecule has 0 spiro atoms. The Labute approximate surface area is 142 Å². The van der Waals surface area contributed by atoms with Gasteiger partial charge >= 0.3 is 0 Å². The summed E-state index contributed by atoms with van der Waals surface area (Å²) >= 11 is 0. The molecule has 2 N–H and O–H groups in total. The standard InChI is InChI=1S/C19H22N2O3/c1-12-9-14(10-13(2)17(12)24-4)11-21(3)19(23)16-7-5-15(6-8-16)18(20)22/h5-10H,11H2,1-4H3,(H2,20,22). The van der Waals surface area contributed by atoms with Gasteiger partial charge in [0.1, 0.15) is 5.75 Å². The monoisotopic (exact) mass is 326 g/mol. The maximum absolute atomic E-state index is 12.5. The summed E-state index contributed by atoms with van der Waals surface area (Å²) < 4.78 is 5.36. The van der Waals surface area contributed by atoms with Gasteiger partial charge in [0.25, 0.3) is 5.91 Å². The van der Waals surface area contributed by atoms with Gasteiger partial charge in [-0.1, -0.05) is 12.1 Å². The second-order valence-electron chi connectivity index (χ2n) is 5.87. The minimum atomic E-state index is -0.508. The number of nitrogens with two attached hydrogens (primary N) is 1. The fourth-order valence-electron chi connectivity index (χ4n) is 2.80. The Morgan fingerprint density at radius 3 is 2.00 bits per heavy atom. The molecule has 2 rings (SSSR count). The van der Waals surface area contributed by atoms with Gasteiger partial charge in [-0.2, -0.15) is 0 Å². The van der Waals surface area contributed by atoms with Crippen molar-refractivity contribution < 1.29 is 14.3 Å². The molecule has 24 heavy (non-hydrogen) atoms. The summed E-state index contributed by atoms with van der Waals surface area (Å²) in [6.45, 7) is 4.46. The average Bonchev–Trinajstić information content (AvgIpc) is 2.54. The van der Waals surface area contributed by atoms with Gasteiger partial charge in [-0.3, -0.25) is 9.59 Å². The third-order valence-corrected chi connectivity index (χ3v) is 3.91. The number of carbonyl (C=O) groups is 2. The predicted octanol–water partition coefficient (Wildman–Crippen LogP) is 2.68. The maximum atomic E-state index is 12.5. The van der Waals surface area contributed by atoms with Crippen LogP contribution in [-0.2, 0) is 6.54 Å². The summed E-state index contributed by atoms with van der Waals surface area (Å²) in [5.41, 5.74) is 9.23. The summed E-state index contributed by atoms with van der Waals surface area (Å²) in [5.74, 6) is 0.249. The van der Waals surface area contributed by atoms with Crippen molar-refractivity contribution in [1.29, 1.82) is 0 Å². The van der Waals surface area contributed by atoms with Gasteiger partial charge in [-0.05, 0) is 54.8 Å². The summed E-state index contributed by atoms with van der Waals surface area (Å²) in [6.07, 6.45) is 0.